The lowest BCUT2D eigenvalue weighted by atomic mass is 10.1. The molecule has 2 amide bonds. The highest BCUT2D eigenvalue weighted by atomic mass is 32.2. The zero-order valence-electron chi connectivity index (χ0n) is 24.3. The summed E-state index contributed by atoms with van der Waals surface area (Å²) in [5, 5.41) is 11.5. The summed E-state index contributed by atoms with van der Waals surface area (Å²) < 4.78 is 37.8. The Hall–Kier alpha value is -2.33. The minimum Gasteiger partial charge on any atom is -0.480 e. The topological polar surface area (TPSA) is 69.6 Å². The summed E-state index contributed by atoms with van der Waals surface area (Å²) in [6.45, 7) is 12.4. The average Bonchev–Trinajstić information content (AvgIpc) is 3.34. The van der Waals surface area contributed by atoms with Crippen molar-refractivity contribution in [3.05, 3.63) is 53.6 Å². The summed E-state index contributed by atoms with van der Waals surface area (Å²) in [5.41, 5.74) is -1.65. The Morgan fingerprint density at radius 3 is 2.15 bits per heavy atom. The van der Waals surface area contributed by atoms with Crippen molar-refractivity contribution < 1.29 is 27.9 Å². The summed E-state index contributed by atoms with van der Waals surface area (Å²) >= 11 is 1.11. The van der Waals surface area contributed by atoms with Gasteiger partial charge in [-0.15, -0.1) is 11.8 Å². The summed E-state index contributed by atoms with van der Waals surface area (Å²) in [7, 11) is 0. The van der Waals surface area contributed by atoms with Gasteiger partial charge in [0.05, 0.1) is 0 Å². The van der Waals surface area contributed by atoms with E-state index in [1.54, 1.807) is 6.92 Å². The van der Waals surface area contributed by atoms with E-state index in [1.807, 2.05) is 50.8 Å². The molecule has 1 aliphatic carbocycles. The number of urea groups is 1. The van der Waals surface area contributed by atoms with Gasteiger partial charge in [-0.1, -0.05) is 59.9 Å². The molecule has 2 unspecified atom stereocenters. The number of halogens is 3. The van der Waals surface area contributed by atoms with Gasteiger partial charge >= 0.3 is 17.5 Å². The minimum absolute atomic E-state index is 0.0427. The van der Waals surface area contributed by atoms with E-state index < -0.39 is 16.7 Å². The smallest absolute Gasteiger partial charge is 0.446 e. The molecular formula is C30H43F3N2O3S2. The van der Waals surface area contributed by atoms with Crippen LogP contribution in [-0.2, 0) is 17.6 Å². The fourth-order valence-corrected chi connectivity index (χ4v) is 5.62. The molecular weight excluding hydrogens is 557 g/mol. The molecule has 40 heavy (non-hydrogen) atoms. The van der Waals surface area contributed by atoms with Crippen molar-refractivity contribution in [2.45, 2.75) is 107 Å². The fraction of sp³-hybridized carbons (Fsp3) is 0.533. The third-order valence-electron chi connectivity index (χ3n) is 6.04. The highest BCUT2D eigenvalue weighted by Gasteiger charge is 2.31. The van der Waals surface area contributed by atoms with E-state index in [0.29, 0.717) is 25.1 Å². The van der Waals surface area contributed by atoms with E-state index in [9.17, 15) is 27.9 Å². The largest absolute Gasteiger partial charge is 0.480 e. The van der Waals surface area contributed by atoms with Crippen LogP contribution in [0.4, 0.5) is 23.7 Å². The first-order chi connectivity index (χ1) is 19.1. The summed E-state index contributed by atoms with van der Waals surface area (Å²) in [4.78, 5) is 27.3. The van der Waals surface area contributed by atoms with Crippen LogP contribution >= 0.6 is 23.5 Å². The molecule has 1 aliphatic rings. The molecule has 2 aromatic carbocycles. The number of unbranched alkanes of at least 4 members (excludes halogenated alkanes) is 3. The molecule has 0 bridgehead atoms. The fourth-order valence-electron chi connectivity index (χ4n) is 4.21. The first-order valence-electron chi connectivity index (χ1n) is 14.0. The molecule has 0 radical (unpaired) electrons. The van der Waals surface area contributed by atoms with Gasteiger partial charge in [-0.3, -0.25) is 4.79 Å². The number of amides is 2. The number of aliphatic carboxylic acids is 1. The lowest BCUT2D eigenvalue weighted by Gasteiger charge is -2.29. The molecule has 2 N–H and O–H groups in total. The molecule has 0 saturated heterocycles. The third-order valence-corrected chi connectivity index (χ3v) is 7.86. The summed E-state index contributed by atoms with van der Waals surface area (Å²) in [6.07, 6.45) is 5.42. The first-order valence-corrected chi connectivity index (χ1v) is 15.7. The van der Waals surface area contributed by atoms with Crippen LogP contribution in [0, 0.1) is 0 Å². The lowest BCUT2D eigenvalue weighted by molar-refractivity contribution is -0.136. The summed E-state index contributed by atoms with van der Waals surface area (Å²) in [5.74, 6) is -0.863. The van der Waals surface area contributed by atoms with Gasteiger partial charge in [-0.05, 0) is 85.5 Å². The second kappa shape index (κ2) is 18.2. The molecule has 224 valence electrons. The maximum atomic E-state index is 13.3. The van der Waals surface area contributed by atoms with Crippen molar-refractivity contribution in [3.63, 3.8) is 0 Å². The number of carbonyl (C=O) groups is 2. The number of carboxylic acid groups (broad SMARTS) is 1. The van der Waals surface area contributed by atoms with Crippen LogP contribution in [-0.4, -0.2) is 45.4 Å². The van der Waals surface area contributed by atoms with E-state index >= 15 is 0 Å². The predicted octanol–water partition coefficient (Wildman–Crippen LogP) is 9.50. The van der Waals surface area contributed by atoms with E-state index in [4.69, 9.17) is 0 Å². The zero-order chi connectivity index (χ0) is 30.3. The van der Waals surface area contributed by atoms with Crippen molar-refractivity contribution >= 4 is 41.2 Å². The van der Waals surface area contributed by atoms with Crippen molar-refractivity contribution in [2.75, 3.05) is 11.9 Å². The van der Waals surface area contributed by atoms with E-state index in [1.165, 1.54) is 36.0 Å². The number of nitrogens with one attached hydrogen (secondary N) is 1. The van der Waals surface area contributed by atoms with E-state index in [0.717, 1.165) is 41.7 Å². The number of nitrogens with zero attached hydrogens (tertiary/aromatic N) is 1. The van der Waals surface area contributed by atoms with Gasteiger partial charge in [0.25, 0.3) is 0 Å². The number of hydrogen-bond donors (Lipinski definition) is 2. The van der Waals surface area contributed by atoms with E-state index in [-0.39, 0.29) is 28.7 Å². The number of carbonyl (C=O) groups excluding carboxylic acids is 1. The lowest BCUT2D eigenvalue weighted by Crippen LogP contribution is -2.44. The van der Waals surface area contributed by atoms with E-state index in [2.05, 4.69) is 12.2 Å². The number of fused-ring (bicyclic) bond motifs is 1. The number of carboxylic acids is 1. The Bertz CT molecular complexity index is 1050. The predicted molar refractivity (Wildman–Crippen MR) is 162 cm³/mol. The molecule has 2 atom stereocenters. The minimum atomic E-state index is -4.36. The van der Waals surface area contributed by atoms with Crippen LogP contribution in [0.2, 0.25) is 0 Å². The molecule has 3 rings (SSSR count). The van der Waals surface area contributed by atoms with Crippen molar-refractivity contribution in [3.8, 4) is 0 Å². The second-order valence-corrected chi connectivity index (χ2v) is 11.4. The molecule has 0 heterocycles. The van der Waals surface area contributed by atoms with Crippen LogP contribution in [0.5, 0.6) is 0 Å². The number of thioether (sulfide) groups is 2. The van der Waals surface area contributed by atoms with Gasteiger partial charge < -0.3 is 15.3 Å². The zero-order valence-corrected chi connectivity index (χ0v) is 25.9. The van der Waals surface area contributed by atoms with Crippen molar-refractivity contribution in [1.82, 2.24) is 4.90 Å². The second-order valence-electron chi connectivity index (χ2n) is 8.85. The number of hydrogen-bond acceptors (Lipinski definition) is 4. The Morgan fingerprint density at radius 2 is 1.57 bits per heavy atom. The first kappa shape index (κ1) is 35.7. The molecule has 0 aromatic heterocycles. The SMILES string of the molecule is CC.CC.CCCCCCN(C(=O)Nc1ccc(SC(F)(F)F)cc1)C1Cc2ccc(SC(C)C(=O)O)cc2C1. The van der Waals surface area contributed by atoms with Gasteiger partial charge in [-0.25, -0.2) is 4.79 Å². The Morgan fingerprint density at radius 1 is 0.975 bits per heavy atom. The van der Waals surface area contributed by atoms with Crippen LogP contribution < -0.4 is 5.32 Å². The van der Waals surface area contributed by atoms with Crippen LogP contribution in [0.1, 0.15) is 78.4 Å². The number of benzene rings is 2. The Labute approximate surface area is 245 Å². The Balaban J connectivity index is 0.00000191. The average molecular weight is 601 g/mol. The molecule has 0 aliphatic heterocycles. The molecule has 0 spiro atoms. The molecule has 2 aromatic rings. The number of anilines is 1. The van der Waals surface area contributed by atoms with Gasteiger partial charge in [-0.2, -0.15) is 13.2 Å². The number of alkyl halides is 3. The molecule has 0 fully saturated rings. The van der Waals surface area contributed by atoms with Crippen molar-refractivity contribution in [2.24, 2.45) is 0 Å². The van der Waals surface area contributed by atoms with Gasteiger partial charge in [0.15, 0.2) is 0 Å². The normalized spacial score (nSPS) is 14.6. The monoisotopic (exact) mass is 600 g/mol. The maximum Gasteiger partial charge on any atom is 0.446 e. The van der Waals surface area contributed by atoms with Crippen molar-refractivity contribution in [1.29, 1.82) is 0 Å². The molecule has 0 saturated carbocycles. The summed E-state index contributed by atoms with van der Waals surface area (Å²) in [6, 6.07) is 11.3. The third kappa shape index (κ3) is 12.0. The van der Waals surface area contributed by atoms with Crippen LogP contribution in [0.25, 0.3) is 0 Å². The van der Waals surface area contributed by atoms with Crippen LogP contribution in [0.15, 0.2) is 52.3 Å². The maximum absolute atomic E-state index is 13.3. The Kier molecular flexibility index (Phi) is 16.2. The van der Waals surface area contributed by atoms with Gasteiger partial charge in [0, 0.05) is 28.1 Å². The quantitative estimate of drug-likeness (QED) is 0.199. The highest BCUT2D eigenvalue weighted by molar-refractivity contribution is 8.00. The number of rotatable bonds is 11. The molecule has 5 nitrogen and oxygen atoms in total. The van der Waals surface area contributed by atoms with Gasteiger partial charge in [0.1, 0.15) is 5.25 Å². The molecule has 10 heteroatoms. The van der Waals surface area contributed by atoms with Crippen LogP contribution in [0.3, 0.4) is 0 Å². The standard InChI is InChI=1S/C26H31F3N2O3S2.2C2H6/c1-3-4-5-6-13-31(25(34)30-20-8-11-22(12-9-20)36-26(27,28)29)21-14-18-7-10-23(16-19(18)15-21)35-17(2)24(32)33;2*1-2/h7-12,16-17,21H,3-6,13-15H2,1-2H3,(H,30,34)(H,32,33);2*1-2H3. The highest BCUT2D eigenvalue weighted by Crippen LogP contribution is 2.37. The van der Waals surface area contributed by atoms with Gasteiger partial charge in [0.2, 0.25) is 0 Å².